The van der Waals surface area contributed by atoms with Crippen molar-refractivity contribution in [3.05, 3.63) is 57.6 Å². The summed E-state index contributed by atoms with van der Waals surface area (Å²) in [5.74, 6) is -3.31. The molecule has 1 heterocycles. The molecule has 1 N–H and O–H groups in total. The van der Waals surface area contributed by atoms with Gasteiger partial charge in [0, 0.05) is 18.2 Å². The van der Waals surface area contributed by atoms with E-state index in [9.17, 15) is 18.0 Å². The lowest BCUT2D eigenvalue weighted by Crippen LogP contribution is -2.22. The van der Waals surface area contributed by atoms with Gasteiger partial charge in [0.1, 0.15) is 24.2 Å². The van der Waals surface area contributed by atoms with Crippen molar-refractivity contribution in [1.29, 1.82) is 0 Å². The number of benzene rings is 1. The lowest BCUT2D eigenvalue weighted by Gasteiger charge is -2.14. The quantitative estimate of drug-likeness (QED) is 0.908. The highest BCUT2D eigenvalue weighted by atomic mass is 19.1. The predicted molar refractivity (Wildman–Crippen MR) is 63.0 cm³/mol. The van der Waals surface area contributed by atoms with Gasteiger partial charge in [-0.05, 0) is 12.5 Å². The van der Waals surface area contributed by atoms with Gasteiger partial charge in [-0.3, -0.25) is 9.36 Å². The van der Waals surface area contributed by atoms with Crippen LogP contribution in [0.2, 0.25) is 0 Å². The SMILES string of the molecule is Cc1ccc(=O)n(CO)c1-c1c(F)cc(F)cc1F. The summed E-state index contributed by atoms with van der Waals surface area (Å²) in [4.78, 5) is 11.6. The molecule has 1 aromatic carbocycles. The Balaban J connectivity index is 2.87. The summed E-state index contributed by atoms with van der Waals surface area (Å²) in [6, 6.07) is 3.61. The topological polar surface area (TPSA) is 42.2 Å². The van der Waals surface area contributed by atoms with Crippen LogP contribution in [0, 0.1) is 24.4 Å². The highest BCUT2D eigenvalue weighted by Gasteiger charge is 2.19. The van der Waals surface area contributed by atoms with E-state index in [2.05, 4.69) is 0 Å². The number of aliphatic hydroxyl groups excluding tert-OH is 1. The zero-order valence-electron chi connectivity index (χ0n) is 9.95. The third-order valence-electron chi connectivity index (χ3n) is 2.77. The molecule has 0 amide bonds. The third-order valence-corrected chi connectivity index (χ3v) is 2.77. The second-order valence-electron chi connectivity index (χ2n) is 4.02. The number of pyridine rings is 1. The van der Waals surface area contributed by atoms with Crippen LogP contribution in [-0.4, -0.2) is 9.67 Å². The summed E-state index contributed by atoms with van der Waals surface area (Å²) >= 11 is 0. The van der Waals surface area contributed by atoms with E-state index in [-0.39, 0.29) is 5.69 Å². The van der Waals surface area contributed by atoms with Gasteiger partial charge < -0.3 is 5.11 Å². The summed E-state index contributed by atoms with van der Waals surface area (Å²) in [7, 11) is 0. The number of hydrogen-bond donors (Lipinski definition) is 1. The van der Waals surface area contributed by atoms with E-state index in [0.717, 1.165) is 4.57 Å². The minimum absolute atomic E-state index is 0.106. The van der Waals surface area contributed by atoms with Crippen molar-refractivity contribution in [3.8, 4) is 11.3 Å². The maximum Gasteiger partial charge on any atom is 0.252 e. The minimum atomic E-state index is -1.13. The highest BCUT2D eigenvalue weighted by molar-refractivity contribution is 5.64. The molecule has 2 aromatic rings. The van der Waals surface area contributed by atoms with Crippen LogP contribution in [0.4, 0.5) is 13.2 Å². The van der Waals surface area contributed by atoms with Crippen molar-refractivity contribution in [2.45, 2.75) is 13.7 Å². The molecule has 0 spiro atoms. The van der Waals surface area contributed by atoms with E-state index in [0.29, 0.717) is 17.7 Å². The van der Waals surface area contributed by atoms with E-state index in [1.54, 1.807) is 0 Å². The van der Waals surface area contributed by atoms with E-state index in [1.807, 2.05) is 0 Å². The predicted octanol–water partition coefficient (Wildman–Crippen LogP) is 2.19. The van der Waals surface area contributed by atoms with Gasteiger partial charge in [0.25, 0.3) is 5.56 Å². The number of aromatic nitrogens is 1. The number of aryl methyl sites for hydroxylation is 1. The number of nitrogens with zero attached hydrogens (tertiary/aromatic N) is 1. The second-order valence-corrected chi connectivity index (χ2v) is 4.02. The Morgan fingerprint density at radius 2 is 1.74 bits per heavy atom. The first-order valence-electron chi connectivity index (χ1n) is 5.42. The van der Waals surface area contributed by atoms with Crippen molar-refractivity contribution in [3.63, 3.8) is 0 Å². The van der Waals surface area contributed by atoms with Crippen LogP contribution >= 0.6 is 0 Å². The van der Waals surface area contributed by atoms with Crippen LogP contribution in [0.15, 0.2) is 29.1 Å². The molecule has 0 saturated heterocycles. The molecule has 0 unspecified atom stereocenters. The molecule has 0 aliphatic heterocycles. The largest absolute Gasteiger partial charge is 0.376 e. The van der Waals surface area contributed by atoms with Crippen molar-refractivity contribution >= 4 is 0 Å². The molecule has 0 aliphatic carbocycles. The molecular formula is C13H10F3NO2. The highest BCUT2D eigenvalue weighted by Crippen LogP contribution is 2.28. The average molecular weight is 269 g/mol. The third kappa shape index (κ3) is 2.26. The molecule has 6 heteroatoms. The van der Waals surface area contributed by atoms with Crippen molar-refractivity contribution in [2.75, 3.05) is 0 Å². The lowest BCUT2D eigenvalue weighted by atomic mass is 10.0. The Morgan fingerprint density at radius 1 is 1.16 bits per heavy atom. The molecule has 2 rings (SSSR count). The summed E-state index contributed by atoms with van der Waals surface area (Å²) in [5.41, 5.74) is -0.861. The fraction of sp³-hybridized carbons (Fsp3) is 0.154. The van der Waals surface area contributed by atoms with Crippen LogP contribution in [0.5, 0.6) is 0 Å². The first-order chi connectivity index (χ1) is 8.95. The molecule has 0 bridgehead atoms. The normalized spacial score (nSPS) is 10.8. The molecule has 3 nitrogen and oxygen atoms in total. The maximum atomic E-state index is 13.7. The Hall–Kier alpha value is -2.08. The maximum absolute atomic E-state index is 13.7. The Labute approximate surface area is 106 Å². The first-order valence-corrected chi connectivity index (χ1v) is 5.42. The fourth-order valence-corrected chi connectivity index (χ4v) is 1.93. The molecule has 100 valence electrons. The summed E-state index contributed by atoms with van der Waals surface area (Å²) < 4.78 is 41.2. The Morgan fingerprint density at radius 3 is 2.26 bits per heavy atom. The van der Waals surface area contributed by atoms with Crippen LogP contribution in [-0.2, 0) is 6.73 Å². The van der Waals surface area contributed by atoms with Gasteiger partial charge in [-0.1, -0.05) is 6.07 Å². The molecule has 0 radical (unpaired) electrons. The van der Waals surface area contributed by atoms with Gasteiger partial charge in [0.05, 0.1) is 11.3 Å². The van der Waals surface area contributed by atoms with Crippen LogP contribution in [0.1, 0.15) is 5.56 Å². The minimum Gasteiger partial charge on any atom is -0.376 e. The van der Waals surface area contributed by atoms with Gasteiger partial charge in [-0.15, -0.1) is 0 Å². The van der Waals surface area contributed by atoms with E-state index < -0.39 is 35.3 Å². The fourth-order valence-electron chi connectivity index (χ4n) is 1.93. The van der Waals surface area contributed by atoms with E-state index >= 15 is 0 Å². The van der Waals surface area contributed by atoms with Gasteiger partial charge in [0.2, 0.25) is 0 Å². The monoisotopic (exact) mass is 269 g/mol. The molecule has 19 heavy (non-hydrogen) atoms. The van der Waals surface area contributed by atoms with E-state index in [4.69, 9.17) is 5.11 Å². The average Bonchev–Trinajstić information content (AvgIpc) is 2.32. The zero-order valence-corrected chi connectivity index (χ0v) is 9.95. The number of hydrogen-bond acceptors (Lipinski definition) is 2. The van der Waals surface area contributed by atoms with Crippen molar-refractivity contribution in [2.24, 2.45) is 0 Å². The van der Waals surface area contributed by atoms with Crippen LogP contribution in [0.25, 0.3) is 11.3 Å². The number of rotatable bonds is 2. The molecule has 0 fully saturated rings. The van der Waals surface area contributed by atoms with Crippen LogP contribution in [0.3, 0.4) is 0 Å². The molecule has 1 aromatic heterocycles. The van der Waals surface area contributed by atoms with Crippen molar-refractivity contribution in [1.82, 2.24) is 4.57 Å². The second kappa shape index (κ2) is 4.89. The van der Waals surface area contributed by atoms with Gasteiger partial charge in [-0.2, -0.15) is 0 Å². The Bertz CT molecular complexity index is 672. The standard InChI is InChI=1S/C13H10F3NO2/c1-7-2-3-11(19)17(6-18)13(7)12-9(15)4-8(14)5-10(12)16/h2-5,18H,6H2,1H3. The smallest absolute Gasteiger partial charge is 0.252 e. The molecule has 0 saturated carbocycles. The van der Waals surface area contributed by atoms with E-state index in [1.165, 1.54) is 19.1 Å². The summed E-state index contributed by atoms with van der Waals surface area (Å²) in [6.07, 6.45) is 0. The molecule has 0 atom stereocenters. The van der Waals surface area contributed by atoms with Gasteiger partial charge in [-0.25, -0.2) is 13.2 Å². The number of halogens is 3. The van der Waals surface area contributed by atoms with Crippen molar-refractivity contribution < 1.29 is 18.3 Å². The first kappa shape index (κ1) is 13.4. The van der Waals surface area contributed by atoms with Crippen LogP contribution < -0.4 is 5.56 Å². The molecular weight excluding hydrogens is 259 g/mol. The Kier molecular flexibility index (Phi) is 3.44. The van der Waals surface area contributed by atoms with Gasteiger partial charge in [0.15, 0.2) is 0 Å². The summed E-state index contributed by atoms with van der Waals surface area (Å²) in [6.45, 7) is 0.801. The van der Waals surface area contributed by atoms with Gasteiger partial charge >= 0.3 is 0 Å². The zero-order chi connectivity index (χ0) is 14.2. The summed E-state index contributed by atoms with van der Waals surface area (Å²) in [5, 5.41) is 9.17. The molecule has 0 aliphatic rings. The lowest BCUT2D eigenvalue weighted by molar-refractivity contribution is 0.207. The number of aliphatic hydroxyl groups is 1.